The van der Waals surface area contributed by atoms with Gasteiger partial charge in [-0.3, -0.25) is 4.79 Å². The molecule has 3 rings (SSSR count). The summed E-state index contributed by atoms with van der Waals surface area (Å²) in [6.07, 6.45) is -0.382. The largest absolute Gasteiger partial charge is 0.389 e. The van der Waals surface area contributed by atoms with Gasteiger partial charge in [0.15, 0.2) is 0 Å². The van der Waals surface area contributed by atoms with E-state index in [0.29, 0.717) is 18.7 Å². The lowest BCUT2D eigenvalue weighted by Gasteiger charge is -2.36. The highest BCUT2D eigenvalue weighted by Gasteiger charge is 2.30. The zero-order valence-electron chi connectivity index (χ0n) is 11.9. The summed E-state index contributed by atoms with van der Waals surface area (Å²) in [4.78, 5) is 16.2. The minimum atomic E-state index is -0.382. The Morgan fingerprint density at radius 2 is 1.71 bits per heavy atom. The van der Waals surface area contributed by atoms with Crippen molar-refractivity contribution in [2.75, 3.05) is 25.0 Å². The molecule has 1 heterocycles. The Hall–Kier alpha value is -2.33. The number of β-amino-alcohol motifs (C(OH)–C–C–N with tert-alkyl or cyclic N) is 1. The maximum absolute atomic E-state index is 12.5. The van der Waals surface area contributed by atoms with Crippen molar-refractivity contribution in [2.24, 2.45) is 0 Å². The van der Waals surface area contributed by atoms with E-state index in [1.54, 1.807) is 4.90 Å². The molecule has 2 aromatic rings. The first-order valence-electron chi connectivity index (χ1n) is 7.02. The number of hydrogen-bond acceptors (Lipinski definition) is 3. The number of benzene rings is 2. The highest BCUT2D eigenvalue weighted by Crippen LogP contribution is 2.28. The molecule has 4 nitrogen and oxygen atoms in total. The van der Waals surface area contributed by atoms with Gasteiger partial charge in [0.05, 0.1) is 17.4 Å². The van der Waals surface area contributed by atoms with Crippen molar-refractivity contribution in [1.82, 2.24) is 4.90 Å². The van der Waals surface area contributed by atoms with Crippen LogP contribution in [-0.4, -0.2) is 42.2 Å². The molecule has 1 fully saturated rings. The normalized spacial score (nSPS) is 14.7. The first kappa shape index (κ1) is 13.6. The second kappa shape index (κ2) is 5.58. The summed E-state index contributed by atoms with van der Waals surface area (Å²) in [7, 11) is 1.95. The van der Waals surface area contributed by atoms with Crippen LogP contribution in [0.15, 0.2) is 54.6 Å². The Balaban J connectivity index is 1.91. The van der Waals surface area contributed by atoms with Crippen molar-refractivity contribution in [3.8, 4) is 0 Å². The molecular formula is C17H18N2O2. The fourth-order valence-electron chi connectivity index (χ4n) is 2.53. The molecule has 0 spiro atoms. The molecule has 0 unspecified atom stereocenters. The Kier molecular flexibility index (Phi) is 3.62. The summed E-state index contributed by atoms with van der Waals surface area (Å²) in [5, 5.41) is 9.37. The Labute approximate surface area is 124 Å². The van der Waals surface area contributed by atoms with Crippen LogP contribution in [0, 0.1) is 0 Å². The molecule has 0 bridgehead atoms. The molecule has 0 radical (unpaired) electrons. The Bertz CT molecular complexity index is 636. The van der Waals surface area contributed by atoms with Crippen LogP contribution in [0.1, 0.15) is 10.4 Å². The summed E-state index contributed by atoms with van der Waals surface area (Å²) in [6.45, 7) is 0.838. The van der Waals surface area contributed by atoms with Crippen LogP contribution in [-0.2, 0) is 0 Å². The summed E-state index contributed by atoms with van der Waals surface area (Å²) in [5.41, 5.74) is 2.56. The lowest BCUT2D eigenvalue weighted by molar-refractivity contribution is 0.00594. The van der Waals surface area contributed by atoms with Crippen molar-refractivity contribution in [1.29, 1.82) is 0 Å². The van der Waals surface area contributed by atoms with Crippen molar-refractivity contribution >= 4 is 17.3 Å². The number of carbonyl (C=O) groups excluding carboxylic acids is 1. The maximum Gasteiger partial charge on any atom is 0.256 e. The standard InChI is InChI=1S/C17H18N2O2/c1-18(13-7-3-2-4-8-13)16-10-6-5-9-15(16)17(21)19-11-14(20)12-19/h2-10,14,20H,11-12H2,1H3. The van der Waals surface area contributed by atoms with Gasteiger partial charge in [-0.15, -0.1) is 0 Å². The van der Waals surface area contributed by atoms with Gasteiger partial charge in [-0.05, 0) is 24.3 Å². The minimum Gasteiger partial charge on any atom is -0.389 e. The second-order valence-corrected chi connectivity index (χ2v) is 5.28. The number of nitrogens with zero attached hydrogens (tertiary/aromatic N) is 2. The quantitative estimate of drug-likeness (QED) is 0.939. The molecule has 1 saturated heterocycles. The van der Waals surface area contributed by atoms with E-state index >= 15 is 0 Å². The first-order chi connectivity index (χ1) is 10.2. The van der Waals surface area contributed by atoms with Crippen LogP contribution in [0.5, 0.6) is 0 Å². The van der Waals surface area contributed by atoms with E-state index in [9.17, 15) is 9.90 Å². The van der Waals surface area contributed by atoms with Crippen molar-refractivity contribution in [2.45, 2.75) is 6.10 Å². The van der Waals surface area contributed by atoms with Crippen LogP contribution in [0.3, 0.4) is 0 Å². The number of hydrogen-bond donors (Lipinski definition) is 1. The highest BCUT2D eigenvalue weighted by atomic mass is 16.3. The third kappa shape index (κ3) is 2.62. The molecule has 2 aromatic carbocycles. The number of aliphatic hydroxyl groups excluding tert-OH is 1. The van der Waals surface area contributed by atoms with E-state index in [0.717, 1.165) is 11.4 Å². The average Bonchev–Trinajstić information content (AvgIpc) is 2.51. The lowest BCUT2D eigenvalue weighted by atomic mass is 10.1. The Morgan fingerprint density at radius 3 is 2.38 bits per heavy atom. The molecule has 1 aliphatic rings. The molecule has 0 aromatic heterocycles. The van der Waals surface area contributed by atoms with Crippen LogP contribution >= 0.6 is 0 Å². The molecule has 4 heteroatoms. The predicted molar refractivity (Wildman–Crippen MR) is 82.9 cm³/mol. The van der Waals surface area contributed by atoms with Crippen LogP contribution in [0.2, 0.25) is 0 Å². The molecular weight excluding hydrogens is 264 g/mol. The molecule has 21 heavy (non-hydrogen) atoms. The van der Waals surface area contributed by atoms with Gasteiger partial charge in [0, 0.05) is 25.8 Å². The first-order valence-corrected chi connectivity index (χ1v) is 7.02. The minimum absolute atomic E-state index is 0.0290. The van der Waals surface area contributed by atoms with Crippen molar-refractivity contribution in [3.05, 3.63) is 60.2 Å². The number of aliphatic hydroxyl groups is 1. The van der Waals surface area contributed by atoms with E-state index in [2.05, 4.69) is 0 Å². The zero-order chi connectivity index (χ0) is 14.8. The highest BCUT2D eigenvalue weighted by molar-refractivity contribution is 6.01. The number of rotatable bonds is 3. The molecule has 1 N–H and O–H groups in total. The monoisotopic (exact) mass is 282 g/mol. The maximum atomic E-state index is 12.5. The smallest absolute Gasteiger partial charge is 0.256 e. The number of carbonyl (C=O) groups is 1. The topological polar surface area (TPSA) is 43.8 Å². The number of likely N-dealkylation sites (tertiary alicyclic amines) is 1. The second-order valence-electron chi connectivity index (χ2n) is 5.28. The number of para-hydroxylation sites is 2. The van der Waals surface area contributed by atoms with Gasteiger partial charge in [-0.1, -0.05) is 30.3 Å². The van der Waals surface area contributed by atoms with Crippen LogP contribution in [0.4, 0.5) is 11.4 Å². The van der Waals surface area contributed by atoms with Gasteiger partial charge in [0.25, 0.3) is 5.91 Å². The number of anilines is 2. The molecule has 0 atom stereocenters. The van der Waals surface area contributed by atoms with Gasteiger partial charge in [-0.2, -0.15) is 0 Å². The van der Waals surface area contributed by atoms with E-state index < -0.39 is 0 Å². The van der Waals surface area contributed by atoms with E-state index in [-0.39, 0.29) is 12.0 Å². The van der Waals surface area contributed by atoms with Crippen molar-refractivity contribution in [3.63, 3.8) is 0 Å². The van der Waals surface area contributed by atoms with Gasteiger partial charge in [-0.25, -0.2) is 0 Å². The summed E-state index contributed by atoms with van der Waals surface area (Å²) < 4.78 is 0. The molecule has 1 amide bonds. The third-order valence-corrected chi connectivity index (χ3v) is 3.79. The number of amides is 1. The summed E-state index contributed by atoms with van der Waals surface area (Å²) in [6, 6.07) is 17.5. The van der Waals surface area contributed by atoms with Crippen LogP contribution < -0.4 is 4.90 Å². The summed E-state index contributed by atoms with van der Waals surface area (Å²) >= 11 is 0. The average molecular weight is 282 g/mol. The third-order valence-electron chi connectivity index (χ3n) is 3.79. The van der Waals surface area contributed by atoms with Gasteiger partial charge < -0.3 is 14.9 Å². The lowest BCUT2D eigenvalue weighted by Crippen LogP contribution is -2.53. The molecule has 108 valence electrons. The zero-order valence-corrected chi connectivity index (χ0v) is 11.9. The van der Waals surface area contributed by atoms with Gasteiger partial charge in [0.2, 0.25) is 0 Å². The SMILES string of the molecule is CN(c1ccccc1)c1ccccc1C(=O)N1CC(O)C1. The fourth-order valence-corrected chi connectivity index (χ4v) is 2.53. The fraction of sp³-hybridized carbons (Fsp3) is 0.235. The molecule has 1 aliphatic heterocycles. The van der Waals surface area contributed by atoms with E-state index in [4.69, 9.17) is 0 Å². The predicted octanol–water partition coefficient (Wildman–Crippen LogP) is 2.27. The summed E-state index contributed by atoms with van der Waals surface area (Å²) in [5.74, 6) is -0.0290. The van der Waals surface area contributed by atoms with Crippen LogP contribution in [0.25, 0.3) is 0 Å². The van der Waals surface area contributed by atoms with Crippen molar-refractivity contribution < 1.29 is 9.90 Å². The Morgan fingerprint density at radius 1 is 1.10 bits per heavy atom. The molecule has 0 saturated carbocycles. The van der Waals surface area contributed by atoms with E-state index in [1.807, 2.05) is 66.5 Å². The van der Waals surface area contributed by atoms with Gasteiger partial charge >= 0.3 is 0 Å². The molecule has 0 aliphatic carbocycles. The van der Waals surface area contributed by atoms with E-state index in [1.165, 1.54) is 0 Å². The van der Waals surface area contributed by atoms with Gasteiger partial charge in [0.1, 0.15) is 0 Å².